The molecular weight excluding hydrogens is 506 g/mol. The van der Waals surface area contributed by atoms with Crippen molar-refractivity contribution in [3.63, 3.8) is 0 Å². The number of nitrogens with zero attached hydrogens (tertiary/aromatic N) is 4. The van der Waals surface area contributed by atoms with Crippen LogP contribution in [-0.2, 0) is 4.74 Å². The third-order valence-corrected chi connectivity index (χ3v) is 6.65. The maximum Gasteiger partial charge on any atom is 0.410 e. The molecule has 1 aliphatic heterocycles. The van der Waals surface area contributed by atoms with Gasteiger partial charge in [-0.2, -0.15) is 5.10 Å². The molecule has 7 nitrogen and oxygen atoms in total. The van der Waals surface area contributed by atoms with Gasteiger partial charge in [0, 0.05) is 47.2 Å². The first kappa shape index (κ1) is 26.2. The summed E-state index contributed by atoms with van der Waals surface area (Å²) < 4.78 is 27.3. The van der Waals surface area contributed by atoms with E-state index < -0.39 is 17.5 Å². The first-order valence-electron chi connectivity index (χ1n) is 11.8. The van der Waals surface area contributed by atoms with E-state index in [0.29, 0.717) is 29.4 Å². The van der Waals surface area contributed by atoms with E-state index >= 15 is 0 Å². The van der Waals surface area contributed by atoms with Crippen molar-refractivity contribution in [2.24, 2.45) is 0 Å². The van der Waals surface area contributed by atoms with Crippen molar-refractivity contribution < 1.29 is 18.7 Å². The molecule has 1 fully saturated rings. The molecule has 1 aliphatic rings. The number of halogens is 3. The van der Waals surface area contributed by atoms with Gasteiger partial charge in [-0.1, -0.05) is 23.2 Å². The Morgan fingerprint density at radius 2 is 1.86 bits per heavy atom. The zero-order valence-electron chi connectivity index (χ0n) is 20.7. The number of benzene rings is 1. The standard InChI is InChI=1S/C26H29Cl2FN4O3/c1-16(23-21(27)5-6-22(29)24(23)28)35-20-11-17(12-30-14-20)18-13-31-33(15-18)19-7-9-32(10-8-19)25(34)36-26(2,3)4/h5-6,11-16,19H,7-10H2,1-4H3/t16-/m1/s1. The van der Waals surface area contributed by atoms with Crippen molar-refractivity contribution >= 4 is 29.3 Å². The molecule has 2 aromatic heterocycles. The molecular formula is C26H29Cl2FN4O3. The highest BCUT2D eigenvalue weighted by atomic mass is 35.5. The fraction of sp³-hybridized carbons (Fsp3) is 0.423. The predicted octanol–water partition coefficient (Wildman–Crippen LogP) is 7.10. The minimum absolute atomic E-state index is 0.0573. The molecule has 36 heavy (non-hydrogen) atoms. The van der Waals surface area contributed by atoms with Gasteiger partial charge >= 0.3 is 6.09 Å². The van der Waals surface area contributed by atoms with Crippen LogP contribution in [0.1, 0.15) is 58.2 Å². The monoisotopic (exact) mass is 534 g/mol. The Morgan fingerprint density at radius 3 is 2.56 bits per heavy atom. The van der Waals surface area contributed by atoms with Gasteiger partial charge in [0.2, 0.25) is 0 Å². The van der Waals surface area contributed by atoms with Crippen LogP contribution >= 0.6 is 23.2 Å². The van der Waals surface area contributed by atoms with E-state index in [2.05, 4.69) is 10.1 Å². The second-order valence-corrected chi connectivity index (χ2v) is 10.6. The minimum atomic E-state index is -0.587. The lowest BCUT2D eigenvalue weighted by atomic mass is 10.1. The van der Waals surface area contributed by atoms with Gasteiger partial charge in [0.15, 0.2) is 0 Å². The average Bonchev–Trinajstić information content (AvgIpc) is 3.31. The maximum absolute atomic E-state index is 13.9. The summed E-state index contributed by atoms with van der Waals surface area (Å²) in [5, 5.41) is 4.83. The molecule has 0 N–H and O–H groups in total. The van der Waals surface area contributed by atoms with Crippen molar-refractivity contribution in [2.75, 3.05) is 13.1 Å². The van der Waals surface area contributed by atoms with Gasteiger partial charge in [0.25, 0.3) is 0 Å². The third kappa shape index (κ3) is 6.10. The van der Waals surface area contributed by atoms with Crippen LogP contribution in [0.3, 0.4) is 0 Å². The highest BCUT2D eigenvalue weighted by Gasteiger charge is 2.28. The van der Waals surface area contributed by atoms with Crippen LogP contribution in [0.15, 0.2) is 43.0 Å². The highest BCUT2D eigenvalue weighted by Crippen LogP contribution is 2.35. The lowest BCUT2D eigenvalue weighted by Crippen LogP contribution is -2.42. The van der Waals surface area contributed by atoms with Gasteiger partial charge in [-0.15, -0.1) is 0 Å². The Kier molecular flexibility index (Phi) is 7.76. The summed E-state index contributed by atoms with van der Waals surface area (Å²) in [6.45, 7) is 8.57. The van der Waals surface area contributed by atoms with E-state index in [1.165, 1.54) is 12.1 Å². The second kappa shape index (κ2) is 10.6. The molecule has 3 aromatic rings. The lowest BCUT2D eigenvalue weighted by molar-refractivity contribution is 0.0185. The van der Waals surface area contributed by atoms with Crippen LogP contribution in [-0.4, -0.2) is 44.4 Å². The number of rotatable bonds is 5. The number of piperidine rings is 1. The Bertz CT molecular complexity index is 1240. The van der Waals surface area contributed by atoms with Gasteiger partial charge in [-0.3, -0.25) is 9.67 Å². The molecule has 192 valence electrons. The van der Waals surface area contributed by atoms with E-state index in [1.54, 1.807) is 30.4 Å². The van der Waals surface area contributed by atoms with E-state index in [4.69, 9.17) is 32.7 Å². The van der Waals surface area contributed by atoms with Crippen molar-refractivity contribution in [3.8, 4) is 16.9 Å². The Hall–Kier alpha value is -2.84. The number of aromatic nitrogens is 3. The minimum Gasteiger partial charge on any atom is -0.484 e. The van der Waals surface area contributed by atoms with Crippen LogP contribution in [0.4, 0.5) is 9.18 Å². The van der Waals surface area contributed by atoms with Gasteiger partial charge in [-0.25, -0.2) is 9.18 Å². The molecule has 10 heteroatoms. The predicted molar refractivity (Wildman–Crippen MR) is 137 cm³/mol. The molecule has 0 spiro atoms. The Morgan fingerprint density at radius 1 is 1.14 bits per heavy atom. The molecule has 3 heterocycles. The fourth-order valence-electron chi connectivity index (χ4n) is 4.15. The number of carbonyl (C=O) groups is 1. The van der Waals surface area contributed by atoms with Crippen LogP contribution in [0.25, 0.3) is 11.1 Å². The largest absolute Gasteiger partial charge is 0.484 e. The highest BCUT2D eigenvalue weighted by molar-refractivity contribution is 6.36. The number of pyridine rings is 1. The Labute approximate surface area is 220 Å². The van der Waals surface area contributed by atoms with Gasteiger partial charge < -0.3 is 14.4 Å². The van der Waals surface area contributed by atoms with Crippen LogP contribution < -0.4 is 4.74 Å². The number of ether oxygens (including phenoxy) is 2. The van der Waals surface area contributed by atoms with Gasteiger partial charge in [-0.05, 0) is 58.7 Å². The van der Waals surface area contributed by atoms with Crippen LogP contribution in [0, 0.1) is 5.82 Å². The smallest absolute Gasteiger partial charge is 0.410 e. The molecule has 0 radical (unpaired) electrons. The SMILES string of the molecule is C[C@@H](Oc1cncc(-c2cnn(C3CCN(C(=O)OC(C)(C)C)CC3)c2)c1)c1c(Cl)ccc(F)c1Cl. The number of hydrogen-bond acceptors (Lipinski definition) is 5. The first-order valence-corrected chi connectivity index (χ1v) is 12.5. The summed E-state index contributed by atoms with van der Waals surface area (Å²) in [5.41, 5.74) is 1.59. The van der Waals surface area contributed by atoms with Crippen LogP contribution in [0.2, 0.25) is 10.0 Å². The topological polar surface area (TPSA) is 69.5 Å². The van der Waals surface area contributed by atoms with Crippen molar-refractivity contribution in [1.29, 1.82) is 0 Å². The van der Waals surface area contributed by atoms with Crippen LogP contribution in [0.5, 0.6) is 5.75 Å². The number of carbonyl (C=O) groups excluding carboxylic acids is 1. The number of likely N-dealkylation sites (tertiary alicyclic amines) is 1. The Balaban J connectivity index is 1.42. The molecule has 0 saturated carbocycles. The zero-order chi connectivity index (χ0) is 26.0. The normalized spacial score (nSPS) is 15.6. The van der Waals surface area contributed by atoms with Gasteiger partial charge in [0.1, 0.15) is 23.3 Å². The van der Waals surface area contributed by atoms with Crippen molar-refractivity contribution in [2.45, 2.75) is 58.3 Å². The summed E-state index contributed by atoms with van der Waals surface area (Å²) in [4.78, 5) is 18.4. The van der Waals surface area contributed by atoms with E-state index in [1.807, 2.05) is 37.7 Å². The average molecular weight is 535 g/mol. The number of amides is 1. The quantitative estimate of drug-likeness (QED) is 0.326. The number of hydrogen-bond donors (Lipinski definition) is 0. The zero-order valence-corrected chi connectivity index (χ0v) is 22.2. The summed E-state index contributed by atoms with van der Waals surface area (Å²) in [7, 11) is 0. The molecule has 1 atom stereocenters. The lowest BCUT2D eigenvalue weighted by Gasteiger charge is -2.33. The third-order valence-electron chi connectivity index (χ3n) is 5.94. The molecule has 1 amide bonds. The van der Waals surface area contributed by atoms with Crippen molar-refractivity contribution in [3.05, 3.63) is 64.4 Å². The second-order valence-electron chi connectivity index (χ2n) is 9.83. The summed E-state index contributed by atoms with van der Waals surface area (Å²) in [6, 6.07) is 4.71. The summed E-state index contributed by atoms with van der Waals surface area (Å²) in [5.74, 6) is -0.0578. The summed E-state index contributed by atoms with van der Waals surface area (Å²) >= 11 is 12.4. The van der Waals surface area contributed by atoms with Gasteiger partial charge in [0.05, 0.1) is 23.5 Å². The maximum atomic E-state index is 13.9. The summed E-state index contributed by atoms with van der Waals surface area (Å²) in [6.07, 6.45) is 7.77. The van der Waals surface area contributed by atoms with E-state index in [-0.39, 0.29) is 17.2 Å². The first-order chi connectivity index (χ1) is 17.0. The van der Waals surface area contributed by atoms with Crippen molar-refractivity contribution in [1.82, 2.24) is 19.7 Å². The molecule has 0 aliphatic carbocycles. The molecule has 0 bridgehead atoms. The molecule has 1 aromatic carbocycles. The molecule has 4 rings (SSSR count). The molecule has 0 unspecified atom stereocenters. The molecule has 1 saturated heterocycles. The van der Waals surface area contributed by atoms with E-state index in [0.717, 1.165) is 24.0 Å². The van der Waals surface area contributed by atoms with E-state index in [9.17, 15) is 9.18 Å². The fourth-order valence-corrected chi connectivity index (χ4v) is 4.82.